The van der Waals surface area contributed by atoms with E-state index in [0.717, 1.165) is 12.1 Å². The van der Waals surface area contributed by atoms with Gasteiger partial charge in [-0.15, -0.1) is 0 Å². The third-order valence-corrected chi connectivity index (χ3v) is 5.97. The molecule has 7 nitrogen and oxygen atoms in total. The van der Waals surface area contributed by atoms with Gasteiger partial charge in [0, 0.05) is 24.3 Å². The lowest BCUT2D eigenvalue weighted by atomic mass is 10.1. The first-order valence-corrected chi connectivity index (χ1v) is 10.6. The highest BCUT2D eigenvalue weighted by Gasteiger charge is 2.35. The fraction of sp³-hybridized carbons (Fsp3) is 0.300. The van der Waals surface area contributed by atoms with Crippen molar-refractivity contribution in [2.24, 2.45) is 11.1 Å². The maximum Gasteiger partial charge on any atom is 0.238 e. The minimum atomic E-state index is -3.88. The molecular formula is C20H23N3O4S. The van der Waals surface area contributed by atoms with Crippen LogP contribution in [0.5, 0.6) is 0 Å². The second-order valence-corrected chi connectivity index (χ2v) is 8.47. The molecule has 3 rings (SSSR count). The summed E-state index contributed by atoms with van der Waals surface area (Å²) in [5.41, 5.74) is 2.77. The minimum Gasteiger partial charge on any atom is -0.326 e. The van der Waals surface area contributed by atoms with Crippen LogP contribution in [-0.2, 0) is 26.0 Å². The zero-order valence-electron chi connectivity index (χ0n) is 15.8. The molecule has 28 heavy (non-hydrogen) atoms. The SMILES string of the molecule is CCc1ccc(N2C[C@H](C(=O)Nc3ccc(C)c(S(N)(=O)=O)c3)CC2=O)cc1. The highest BCUT2D eigenvalue weighted by atomic mass is 32.2. The molecule has 0 aromatic heterocycles. The monoisotopic (exact) mass is 401 g/mol. The van der Waals surface area contributed by atoms with Gasteiger partial charge >= 0.3 is 0 Å². The second-order valence-electron chi connectivity index (χ2n) is 6.94. The number of hydrogen-bond acceptors (Lipinski definition) is 4. The summed E-state index contributed by atoms with van der Waals surface area (Å²) in [5, 5.41) is 7.91. The topological polar surface area (TPSA) is 110 Å². The Morgan fingerprint density at radius 3 is 2.50 bits per heavy atom. The number of sulfonamides is 1. The van der Waals surface area contributed by atoms with Gasteiger partial charge in [0.2, 0.25) is 21.8 Å². The minimum absolute atomic E-state index is 0.0366. The van der Waals surface area contributed by atoms with Crippen molar-refractivity contribution in [3.8, 4) is 0 Å². The molecule has 0 aliphatic carbocycles. The molecule has 1 heterocycles. The summed E-state index contributed by atoms with van der Waals surface area (Å²) in [4.78, 5) is 26.6. The maximum absolute atomic E-state index is 12.6. The summed E-state index contributed by atoms with van der Waals surface area (Å²) in [6, 6.07) is 12.2. The predicted molar refractivity (Wildman–Crippen MR) is 107 cm³/mol. The van der Waals surface area contributed by atoms with E-state index in [1.54, 1.807) is 24.0 Å². The van der Waals surface area contributed by atoms with Crippen LogP contribution >= 0.6 is 0 Å². The molecule has 0 unspecified atom stereocenters. The van der Waals surface area contributed by atoms with Gasteiger partial charge in [0.25, 0.3) is 0 Å². The standard InChI is InChI=1S/C20H23N3O4S/c1-3-14-5-8-17(9-6-14)23-12-15(10-19(23)24)20(25)22-16-7-4-13(2)18(11-16)28(21,26)27/h4-9,11,15H,3,10,12H2,1-2H3,(H,22,25)(H2,21,26,27)/t15-/m1/s1. The second kappa shape index (κ2) is 7.73. The lowest BCUT2D eigenvalue weighted by molar-refractivity contribution is -0.122. The van der Waals surface area contributed by atoms with Crippen LogP contribution in [0.2, 0.25) is 0 Å². The molecule has 148 valence electrons. The van der Waals surface area contributed by atoms with Crippen LogP contribution in [0.25, 0.3) is 0 Å². The third-order valence-electron chi connectivity index (χ3n) is 4.91. The molecule has 2 aromatic rings. The molecule has 0 bridgehead atoms. The van der Waals surface area contributed by atoms with Gasteiger partial charge in [-0.3, -0.25) is 9.59 Å². The van der Waals surface area contributed by atoms with Crippen molar-refractivity contribution in [1.82, 2.24) is 0 Å². The number of nitrogens with one attached hydrogen (secondary N) is 1. The Balaban J connectivity index is 1.73. The first kappa shape index (κ1) is 20.0. The van der Waals surface area contributed by atoms with E-state index in [2.05, 4.69) is 12.2 Å². The van der Waals surface area contributed by atoms with Crippen LogP contribution in [0, 0.1) is 12.8 Å². The Kier molecular flexibility index (Phi) is 5.53. The molecule has 1 fully saturated rings. The van der Waals surface area contributed by atoms with Crippen molar-refractivity contribution < 1.29 is 18.0 Å². The number of benzene rings is 2. The van der Waals surface area contributed by atoms with Gasteiger partial charge in [0.15, 0.2) is 0 Å². The molecule has 3 N–H and O–H groups in total. The summed E-state index contributed by atoms with van der Waals surface area (Å²) in [5.74, 6) is -0.957. The van der Waals surface area contributed by atoms with Crippen molar-refractivity contribution in [3.05, 3.63) is 53.6 Å². The number of amides is 2. The zero-order valence-corrected chi connectivity index (χ0v) is 16.6. The van der Waals surface area contributed by atoms with Gasteiger partial charge in [-0.05, 0) is 48.7 Å². The molecule has 1 saturated heterocycles. The number of nitrogens with two attached hydrogens (primary N) is 1. The van der Waals surface area contributed by atoms with Crippen LogP contribution in [0.1, 0.15) is 24.5 Å². The Morgan fingerprint density at radius 1 is 1.21 bits per heavy atom. The van der Waals surface area contributed by atoms with Crippen molar-refractivity contribution in [1.29, 1.82) is 0 Å². The van der Waals surface area contributed by atoms with E-state index in [1.807, 2.05) is 24.3 Å². The highest BCUT2D eigenvalue weighted by Crippen LogP contribution is 2.27. The number of primary sulfonamides is 1. The third kappa shape index (κ3) is 4.23. The van der Waals surface area contributed by atoms with E-state index in [-0.39, 0.29) is 29.7 Å². The smallest absolute Gasteiger partial charge is 0.238 e. The van der Waals surface area contributed by atoms with Gasteiger partial charge in [-0.2, -0.15) is 0 Å². The van der Waals surface area contributed by atoms with E-state index in [1.165, 1.54) is 11.6 Å². The molecule has 1 aliphatic rings. The van der Waals surface area contributed by atoms with Gasteiger partial charge in [-0.25, -0.2) is 13.6 Å². The van der Waals surface area contributed by atoms with E-state index < -0.39 is 15.9 Å². The highest BCUT2D eigenvalue weighted by molar-refractivity contribution is 7.89. The van der Waals surface area contributed by atoms with Crippen LogP contribution in [0.15, 0.2) is 47.4 Å². The number of hydrogen-bond donors (Lipinski definition) is 2. The van der Waals surface area contributed by atoms with E-state index in [9.17, 15) is 18.0 Å². The van der Waals surface area contributed by atoms with Crippen LogP contribution in [-0.4, -0.2) is 26.8 Å². The first-order valence-electron chi connectivity index (χ1n) is 9.02. The Bertz CT molecular complexity index is 1020. The molecule has 2 amide bonds. The lowest BCUT2D eigenvalue weighted by Gasteiger charge is -2.17. The van der Waals surface area contributed by atoms with Crippen LogP contribution < -0.4 is 15.4 Å². The molecule has 1 aliphatic heterocycles. The molecule has 0 spiro atoms. The van der Waals surface area contributed by atoms with E-state index >= 15 is 0 Å². The quantitative estimate of drug-likeness (QED) is 0.800. The first-order chi connectivity index (χ1) is 13.2. The normalized spacial score (nSPS) is 17.0. The van der Waals surface area contributed by atoms with E-state index in [0.29, 0.717) is 11.3 Å². The summed E-state index contributed by atoms with van der Waals surface area (Å²) in [6.07, 6.45) is 1.02. The number of rotatable bonds is 5. The molecule has 2 aromatic carbocycles. The fourth-order valence-corrected chi connectivity index (χ4v) is 4.08. The van der Waals surface area contributed by atoms with Gasteiger partial charge in [-0.1, -0.05) is 25.1 Å². The van der Waals surface area contributed by atoms with Crippen LogP contribution in [0.3, 0.4) is 0 Å². The largest absolute Gasteiger partial charge is 0.326 e. The summed E-state index contributed by atoms with van der Waals surface area (Å²) >= 11 is 0. The Hall–Kier alpha value is -2.71. The maximum atomic E-state index is 12.6. The van der Waals surface area contributed by atoms with E-state index in [4.69, 9.17) is 5.14 Å². The molecule has 8 heteroatoms. The Morgan fingerprint density at radius 2 is 1.89 bits per heavy atom. The molecule has 1 atom stereocenters. The fourth-order valence-electron chi connectivity index (χ4n) is 3.27. The number of carbonyl (C=O) groups is 2. The zero-order chi connectivity index (χ0) is 20.5. The van der Waals surface area contributed by atoms with Crippen molar-refractivity contribution in [3.63, 3.8) is 0 Å². The van der Waals surface area contributed by atoms with Crippen molar-refractivity contribution >= 4 is 33.2 Å². The summed E-state index contributed by atoms with van der Waals surface area (Å²) in [6.45, 7) is 3.97. The van der Waals surface area contributed by atoms with Gasteiger partial charge in [0.1, 0.15) is 0 Å². The average molecular weight is 401 g/mol. The van der Waals surface area contributed by atoms with Crippen LogP contribution in [0.4, 0.5) is 11.4 Å². The van der Waals surface area contributed by atoms with Crippen molar-refractivity contribution in [2.75, 3.05) is 16.8 Å². The average Bonchev–Trinajstić information content (AvgIpc) is 3.04. The number of anilines is 2. The molecule has 0 saturated carbocycles. The van der Waals surface area contributed by atoms with Gasteiger partial charge in [0.05, 0.1) is 10.8 Å². The summed E-state index contributed by atoms with van der Waals surface area (Å²) < 4.78 is 23.3. The molecular weight excluding hydrogens is 378 g/mol. The number of nitrogens with zero attached hydrogens (tertiary/aromatic N) is 1. The molecule has 0 radical (unpaired) electrons. The van der Waals surface area contributed by atoms with Gasteiger partial charge < -0.3 is 10.2 Å². The summed E-state index contributed by atoms with van der Waals surface area (Å²) in [7, 11) is -3.88. The number of carbonyl (C=O) groups excluding carboxylic acids is 2. The lowest BCUT2D eigenvalue weighted by Crippen LogP contribution is -2.28. The van der Waals surface area contributed by atoms with Crippen molar-refractivity contribution in [2.45, 2.75) is 31.6 Å². The predicted octanol–water partition coefficient (Wildman–Crippen LogP) is 2.20. The number of aryl methyl sites for hydroxylation is 2. The Labute approximate surface area is 164 Å².